The van der Waals surface area contributed by atoms with Crippen molar-refractivity contribution in [2.75, 3.05) is 11.5 Å². The molecule has 0 spiro atoms. The van der Waals surface area contributed by atoms with Gasteiger partial charge in [0.1, 0.15) is 11.2 Å². The van der Waals surface area contributed by atoms with E-state index in [2.05, 4.69) is 46.8 Å². The normalized spacial score (nSPS) is 12.9. The lowest BCUT2D eigenvalue weighted by Gasteiger charge is -2.07. The van der Waals surface area contributed by atoms with E-state index in [0.29, 0.717) is 20.8 Å². The number of nitrogen functional groups attached to an aromatic ring is 1. The molecule has 0 aliphatic heterocycles. The van der Waals surface area contributed by atoms with Crippen LogP contribution in [0.5, 0.6) is 0 Å². The number of aromatic nitrogens is 5. The van der Waals surface area contributed by atoms with E-state index >= 15 is 0 Å². The van der Waals surface area contributed by atoms with Crippen molar-refractivity contribution >= 4 is 64.2 Å². The average molecular weight is 582 g/mol. The van der Waals surface area contributed by atoms with Crippen molar-refractivity contribution in [2.24, 2.45) is 7.05 Å². The Hall–Kier alpha value is -2.19. The van der Waals surface area contributed by atoms with Gasteiger partial charge in [-0.3, -0.25) is 4.40 Å². The number of hydrogen-bond donors (Lipinski definition) is 1. The lowest BCUT2D eigenvalue weighted by molar-refractivity contribution is -0.137. The van der Waals surface area contributed by atoms with Gasteiger partial charge in [0, 0.05) is 19.4 Å². The Morgan fingerprint density at radius 3 is 2.48 bits per heavy atom. The molecule has 0 saturated carbocycles. The van der Waals surface area contributed by atoms with E-state index in [4.69, 9.17) is 5.73 Å². The molecule has 0 atom stereocenters. The zero-order valence-electron chi connectivity index (χ0n) is 15.9. The van der Waals surface area contributed by atoms with E-state index in [9.17, 15) is 21.6 Å². The van der Waals surface area contributed by atoms with Crippen LogP contribution in [0.3, 0.4) is 0 Å². The number of halogens is 5. The van der Waals surface area contributed by atoms with Crippen LogP contribution in [0.2, 0.25) is 0 Å². The van der Waals surface area contributed by atoms with Gasteiger partial charge in [0.25, 0.3) is 0 Å². The molecule has 4 heterocycles. The van der Waals surface area contributed by atoms with E-state index in [1.807, 2.05) is 0 Å². The quantitative estimate of drug-likeness (QED) is 0.388. The SMILES string of the molecule is CCS(=O)(=O)c1c(-c2nc3cc(C(F)(F)F)cnc3n2C)nc2c(Br)c(N)c(Br)cn12. The molecule has 0 amide bonds. The van der Waals surface area contributed by atoms with Crippen molar-refractivity contribution in [3.8, 4) is 11.5 Å². The lowest BCUT2D eigenvalue weighted by Crippen LogP contribution is -2.10. The van der Waals surface area contributed by atoms with E-state index in [-0.39, 0.29) is 39.1 Å². The molecule has 2 N–H and O–H groups in total. The van der Waals surface area contributed by atoms with Crippen LogP contribution in [-0.2, 0) is 23.1 Å². The highest BCUT2D eigenvalue weighted by Crippen LogP contribution is 2.38. The fraction of sp³-hybridized carbons (Fsp3) is 0.235. The van der Waals surface area contributed by atoms with Crippen LogP contribution in [0.1, 0.15) is 12.5 Å². The fourth-order valence-electron chi connectivity index (χ4n) is 3.12. The Bertz CT molecular complexity index is 1480. The van der Waals surface area contributed by atoms with E-state index in [1.165, 1.54) is 29.1 Å². The molecule has 0 aliphatic rings. The minimum Gasteiger partial charge on any atom is -0.397 e. The van der Waals surface area contributed by atoms with Gasteiger partial charge >= 0.3 is 6.18 Å². The smallest absolute Gasteiger partial charge is 0.397 e. The van der Waals surface area contributed by atoms with Gasteiger partial charge in [0.2, 0.25) is 0 Å². The highest BCUT2D eigenvalue weighted by molar-refractivity contribution is 9.11. The first-order valence-corrected chi connectivity index (χ1v) is 11.9. The molecule has 0 bridgehead atoms. The topological polar surface area (TPSA) is 108 Å². The maximum atomic E-state index is 13.1. The Kier molecular flexibility index (Phi) is 5.09. The average Bonchev–Trinajstić information content (AvgIpc) is 3.23. The second kappa shape index (κ2) is 7.17. The first-order chi connectivity index (χ1) is 14.4. The van der Waals surface area contributed by atoms with Gasteiger partial charge in [-0.15, -0.1) is 0 Å². The van der Waals surface area contributed by atoms with Crippen LogP contribution in [0.4, 0.5) is 18.9 Å². The number of anilines is 1. The monoisotopic (exact) mass is 580 g/mol. The number of nitrogens with two attached hydrogens (primary N) is 1. The molecule has 8 nitrogen and oxygen atoms in total. The molecular formula is C17H13Br2F3N6O2S. The van der Waals surface area contributed by atoms with Gasteiger partial charge in [-0.05, 0) is 37.9 Å². The number of sulfone groups is 1. The van der Waals surface area contributed by atoms with Gasteiger partial charge in [-0.2, -0.15) is 13.2 Å². The van der Waals surface area contributed by atoms with Gasteiger partial charge < -0.3 is 10.3 Å². The molecule has 4 aromatic rings. The summed E-state index contributed by atoms with van der Waals surface area (Å²) in [6, 6.07) is 0.861. The third-order valence-corrected chi connectivity index (χ3v) is 7.88. The number of fused-ring (bicyclic) bond motifs is 2. The highest BCUT2D eigenvalue weighted by Gasteiger charge is 2.33. The predicted octanol–water partition coefficient (Wildman–Crippen LogP) is 4.20. The minimum atomic E-state index is -4.59. The second-order valence-electron chi connectivity index (χ2n) is 6.63. The van der Waals surface area contributed by atoms with Crippen molar-refractivity contribution < 1.29 is 21.6 Å². The third-order valence-electron chi connectivity index (χ3n) is 4.72. The summed E-state index contributed by atoms with van der Waals surface area (Å²) in [7, 11) is -2.30. The van der Waals surface area contributed by atoms with Crippen LogP contribution in [0.25, 0.3) is 28.3 Å². The number of imidazole rings is 2. The Labute approximate surface area is 190 Å². The summed E-state index contributed by atoms with van der Waals surface area (Å²) in [4.78, 5) is 12.5. The van der Waals surface area contributed by atoms with Gasteiger partial charge in [0.05, 0.1) is 25.9 Å². The number of nitrogens with zero attached hydrogens (tertiary/aromatic N) is 5. The number of alkyl halides is 3. The minimum absolute atomic E-state index is 0.0193. The number of rotatable bonds is 3. The highest BCUT2D eigenvalue weighted by atomic mass is 79.9. The van der Waals surface area contributed by atoms with Gasteiger partial charge in [-0.1, -0.05) is 6.92 Å². The second-order valence-corrected chi connectivity index (χ2v) is 10.5. The Morgan fingerprint density at radius 2 is 1.87 bits per heavy atom. The summed E-state index contributed by atoms with van der Waals surface area (Å²) >= 11 is 6.62. The summed E-state index contributed by atoms with van der Waals surface area (Å²) in [5.74, 6) is -0.174. The van der Waals surface area contributed by atoms with E-state index < -0.39 is 21.6 Å². The van der Waals surface area contributed by atoms with Crippen LogP contribution < -0.4 is 5.73 Å². The lowest BCUT2D eigenvalue weighted by atomic mass is 10.2. The summed E-state index contributed by atoms with van der Waals surface area (Å²) in [6.07, 6.45) is -2.42. The Balaban J connectivity index is 2.11. The standard InChI is InChI=1S/C17H13Br2F3N6O2S/c1-3-31(29,30)16-12(26-14-10(19)11(23)8(18)6-28(14)16)15-25-9-4-7(17(20,21)22)5-24-13(9)27(15)2/h4-6H,3,23H2,1-2H3. The fourth-order valence-corrected chi connectivity index (χ4v) is 5.43. The number of aryl methyl sites for hydroxylation is 1. The molecule has 0 fully saturated rings. The third kappa shape index (κ3) is 3.40. The van der Waals surface area contributed by atoms with Crippen LogP contribution in [-0.4, -0.2) is 38.1 Å². The molecule has 4 aromatic heterocycles. The number of hydrogen-bond acceptors (Lipinski definition) is 6. The molecule has 0 aliphatic carbocycles. The molecule has 0 radical (unpaired) electrons. The zero-order chi connectivity index (χ0) is 22.9. The van der Waals surface area contributed by atoms with Crippen LogP contribution in [0, 0.1) is 0 Å². The molecule has 164 valence electrons. The summed E-state index contributed by atoms with van der Waals surface area (Å²) < 4.78 is 68.7. The number of pyridine rings is 2. The van der Waals surface area contributed by atoms with Gasteiger partial charge in [-0.25, -0.2) is 23.4 Å². The summed E-state index contributed by atoms with van der Waals surface area (Å²) in [5, 5.41) is -0.152. The molecule has 4 rings (SSSR count). The van der Waals surface area contributed by atoms with Crippen molar-refractivity contribution in [1.29, 1.82) is 0 Å². The largest absolute Gasteiger partial charge is 0.417 e. The zero-order valence-corrected chi connectivity index (χ0v) is 19.9. The molecule has 0 unspecified atom stereocenters. The first kappa shape index (κ1) is 22.0. The van der Waals surface area contributed by atoms with E-state index in [1.54, 1.807) is 0 Å². The summed E-state index contributed by atoms with van der Waals surface area (Å²) in [5.41, 5.74) is 5.67. The Morgan fingerprint density at radius 1 is 1.19 bits per heavy atom. The predicted molar refractivity (Wildman–Crippen MR) is 115 cm³/mol. The molecule has 14 heteroatoms. The molecular weight excluding hydrogens is 569 g/mol. The van der Waals surface area contributed by atoms with Crippen molar-refractivity contribution in [2.45, 2.75) is 18.1 Å². The van der Waals surface area contributed by atoms with Crippen molar-refractivity contribution in [3.05, 3.63) is 33.0 Å². The molecule has 0 aromatic carbocycles. The summed E-state index contributed by atoms with van der Waals surface area (Å²) in [6.45, 7) is 1.48. The van der Waals surface area contributed by atoms with E-state index in [0.717, 1.165) is 6.07 Å². The van der Waals surface area contributed by atoms with Gasteiger partial charge in [0.15, 0.2) is 32.0 Å². The first-order valence-electron chi connectivity index (χ1n) is 8.65. The molecule has 0 saturated heterocycles. The van der Waals surface area contributed by atoms with Crippen LogP contribution >= 0.6 is 31.9 Å². The maximum Gasteiger partial charge on any atom is 0.417 e. The molecule has 31 heavy (non-hydrogen) atoms. The maximum absolute atomic E-state index is 13.1. The van der Waals surface area contributed by atoms with Crippen molar-refractivity contribution in [3.63, 3.8) is 0 Å². The van der Waals surface area contributed by atoms with Crippen molar-refractivity contribution in [1.82, 2.24) is 23.9 Å². The van der Waals surface area contributed by atoms with Crippen LogP contribution in [0.15, 0.2) is 32.4 Å².